The van der Waals surface area contributed by atoms with Gasteiger partial charge in [-0.25, -0.2) is 23.4 Å². The van der Waals surface area contributed by atoms with Crippen LogP contribution in [0.3, 0.4) is 0 Å². The number of hydrogen-bond acceptors (Lipinski definition) is 9. The molecule has 1 N–H and O–H groups in total. The van der Waals surface area contributed by atoms with Gasteiger partial charge in [-0.15, -0.1) is 0 Å². The van der Waals surface area contributed by atoms with E-state index >= 15 is 0 Å². The smallest absolute Gasteiger partial charge is 0.267 e. The van der Waals surface area contributed by atoms with Crippen molar-refractivity contribution in [2.45, 2.75) is 76.6 Å². The van der Waals surface area contributed by atoms with Crippen LogP contribution in [0.1, 0.15) is 63.9 Å². The second kappa shape index (κ2) is 15.9. The van der Waals surface area contributed by atoms with Crippen molar-refractivity contribution < 1.29 is 22.7 Å². The van der Waals surface area contributed by atoms with Gasteiger partial charge in [-0.05, 0) is 66.4 Å². The van der Waals surface area contributed by atoms with E-state index in [0.717, 1.165) is 31.6 Å². The molecule has 3 aromatic heterocycles. The van der Waals surface area contributed by atoms with E-state index in [1.807, 2.05) is 18.2 Å². The minimum Gasteiger partial charge on any atom is -0.495 e. The predicted molar refractivity (Wildman–Crippen MR) is 227 cm³/mol. The Bertz CT molecular complexity index is 2430. The molecule has 3 aromatic carbocycles. The fourth-order valence-corrected chi connectivity index (χ4v) is 13.7. The van der Waals surface area contributed by atoms with E-state index in [2.05, 4.69) is 114 Å². The van der Waals surface area contributed by atoms with E-state index < -0.39 is 14.7 Å². The lowest BCUT2D eigenvalue weighted by atomic mass is 9.92. The van der Waals surface area contributed by atoms with Crippen LogP contribution >= 0.6 is 0 Å². The van der Waals surface area contributed by atoms with Crippen LogP contribution < -0.4 is 20.4 Å². The normalized spacial score (nSPS) is 19.4. The molecular weight excluding hydrogens is 767 g/mol. The number of alkyl halides is 2. The van der Waals surface area contributed by atoms with Crippen LogP contribution in [0.25, 0.3) is 22.7 Å². The van der Waals surface area contributed by atoms with Gasteiger partial charge < -0.3 is 19.2 Å². The maximum absolute atomic E-state index is 14.1. The zero-order valence-corrected chi connectivity index (χ0v) is 35.3. The molecule has 14 heteroatoms. The first-order valence-electron chi connectivity index (χ1n) is 20.1. The maximum atomic E-state index is 14.1. The van der Waals surface area contributed by atoms with Crippen molar-refractivity contribution in [2.24, 2.45) is 0 Å². The molecule has 2 atom stereocenters. The van der Waals surface area contributed by atoms with E-state index in [1.165, 1.54) is 33.3 Å². The van der Waals surface area contributed by atoms with Crippen LogP contribution in [0.5, 0.6) is 5.75 Å². The Morgan fingerprint density at radius 2 is 1.66 bits per heavy atom. The van der Waals surface area contributed by atoms with Gasteiger partial charge in [0.05, 0.1) is 54.3 Å². The first kappa shape index (κ1) is 40.3. The van der Waals surface area contributed by atoms with Crippen molar-refractivity contribution in [1.29, 1.82) is 5.26 Å². The first-order valence-corrected chi connectivity index (χ1v) is 22.0. The predicted octanol–water partition coefficient (Wildman–Crippen LogP) is 7.34. The van der Waals surface area contributed by atoms with E-state index in [0.29, 0.717) is 41.5 Å². The Balaban J connectivity index is 1.01. The molecule has 0 aliphatic carbocycles. The Kier molecular flexibility index (Phi) is 10.9. The zero-order valence-electron chi connectivity index (χ0n) is 34.3. The molecule has 306 valence electrons. The maximum Gasteiger partial charge on any atom is 0.267 e. The SMILES string of the molecule is COc1cc2c(cc1NC1CCN([C@@]3(C)COC[C@H]3O[Si](c3ccccc3)(c3ccccc3)C(C)(C)C)CC1)ncn2-c1ccc(C(F)F)c(-n2nc(C#N)cc2C)n1. The number of pyridine rings is 1. The van der Waals surface area contributed by atoms with Gasteiger partial charge in [0.2, 0.25) is 0 Å². The number of methoxy groups -OCH3 is 1. The number of nitriles is 1. The van der Waals surface area contributed by atoms with Crippen molar-refractivity contribution in [1.82, 2.24) is 29.2 Å². The fraction of sp³-hybridized carbons (Fsp3) is 0.378. The number of benzene rings is 3. The molecule has 0 unspecified atom stereocenters. The van der Waals surface area contributed by atoms with Gasteiger partial charge in [0.25, 0.3) is 14.7 Å². The molecule has 0 saturated carbocycles. The Labute approximate surface area is 344 Å². The summed E-state index contributed by atoms with van der Waals surface area (Å²) in [6, 6.07) is 32.0. The van der Waals surface area contributed by atoms with Crippen molar-refractivity contribution in [2.75, 3.05) is 38.7 Å². The monoisotopic (exact) mass is 816 g/mol. The average Bonchev–Trinajstić information content (AvgIpc) is 3.95. The summed E-state index contributed by atoms with van der Waals surface area (Å²) in [5.74, 6) is 0.952. The van der Waals surface area contributed by atoms with E-state index in [9.17, 15) is 14.0 Å². The quantitative estimate of drug-likeness (QED) is 0.134. The standard InChI is InChI=1S/C45H50F2N8O3Si/c1-30-23-32(26-48)52-55(30)43-35(42(46)47)17-18-41(51-43)54-29-49-36-24-37(39(56-6)25-38(36)54)50-31-19-21-53(22-20-31)45(5)28-57-27-40(45)58-59(44(2,3)4,33-13-9-7-10-14-33)34-15-11-8-12-16-34/h7-18,23-25,29,31,40,42,50H,19-22,27-28H2,1-6H3/t40-,45+/m1/s1. The highest BCUT2D eigenvalue weighted by molar-refractivity contribution is 6.99. The number of imidazole rings is 1. The molecule has 0 amide bonds. The molecule has 0 bridgehead atoms. The third kappa shape index (κ3) is 7.30. The number of halogens is 2. The summed E-state index contributed by atoms with van der Waals surface area (Å²) < 4.78 is 51.2. The minimum absolute atomic E-state index is 0.0474. The average molecular weight is 817 g/mol. The molecule has 0 radical (unpaired) electrons. The molecule has 2 aliphatic heterocycles. The number of anilines is 1. The highest BCUT2D eigenvalue weighted by atomic mass is 28.4. The molecule has 2 saturated heterocycles. The summed E-state index contributed by atoms with van der Waals surface area (Å²) in [6.07, 6.45) is 0.513. The van der Waals surface area contributed by atoms with Crippen LogP contribution in [0.4, 0.5) is 14.5 Å². The molecule has 6 aromatic rings. The summed E-state index contributed by atoms with van der Waals surface area (Å²) in [4.78, 5) is 11.8. The van der Waals surface area contributed by atoms with Gasteiger partial charge in [0, 0.05) is 30.9 Å². The van der Waals surface area contributed by atoms with E-state index in [-0.39, 0.29) is 39.8 Å². The van der Waals surface area contributed by atoms with Gasteiger partial charge in [0.15, 0.2) is 11.5 Å². The lowest BCUT2D eigenvalue weighted by Crippen LogP contribution is -2.70. The minimum atomic E-state index is -2.80. The summed E-state index contributed by atoms with van der Waals surface area (Å²) in [6.45, 7) is 13.8. The van der Waals surface area contributed by atoms with E-state index in [4.69, 9.17) is 13.9 Å². The van der Waals surface area contributed by atoms with Crippen LogP contribution in [0.15, 0.2) is 97.3 Å². The molecule has 2 aliphatic rings. The number of aromatic nitrogens is 5. The van der Waals surface area contributed by atoms with E-state index in [1.54, 1.807) is 24.9 Å². The van der Waals surface area contributed by atoms with Crippen molar-refractivity contribution in [3.05, 3.63) is 114 Å². The number of likely N-dealkylation sites (tertiary alicyclic amines) is 1. The van der Waals surface area contributed by atoms with Gasteiger partial charge in [-0.1, -0.05) is 81.4 Å². The fourth-order valence-electron chi connectivity index (χ4n) is 8.93. The molecule has 2 fully saturated rings. The second-order valence-electron chi connectivity index (χ2n) is 16.8. The highest BCUT2D eigenvalue weighted by Gasteiger charge is 2.56. The molecular formula is C45H50F2N8O3Si. The number of fused-ring (bicyclic) bond motifs is 1. The summed E-state index contributed by atoms with van der Waals surface area (Å²) in [5.41, 5.74) is 2.24. The summed E-state index contributed by atoms with van der Waals surface area (Å²) in [7, 11) is -1.17. The molecule has 5 heterocycles. The number of nitrogens with one attached hydrogen (secondary N) is 1. The van der Waals surface area contributed by atoms with Gasteiger partial charge in [-0.2, -0.15) is 10.4 Å². The number of nitrogens with zero attached hydrogens (tertiary/aromatic N) is 7. The lowest BCUT2D eigenvalue weighted by Gasteiger charge is -2.50. The number of rotatable bonds is 11. The van der Waals surface area contributed by atoms with Crippen LogP contribution in [0, 0.1) is 18.3 Å². The van der Waals surface area contributed by atoms with Crippen molar-refractivity contribution in [3.63, 3.8) is 0 Å². The molecule has 11 nitrogen and oxygen atoms in total. The van der Waals surface area contributed by atoms with Gasteiger partial charge >= 0.3 is 0 Å². The van der Waals surface area contributed by atoms with Gasteiger partial charge in [0.1, 0.15) is 24.0 Å². The Morgan fingerprint density at radius 3 is 2.25 bits per heavy atom. The third-order valence-electron chi connectivity index (χ3n) is 12.1. The number of aryl methyl sites for hydroxylation is 1. The van der Waals surface area contributed by atoms with Crippen LogP contribution in [0.2, 0.25) is 5.04 Å². The van der Waals surface area contributed by atoms with Crippen molar-refractivity contribution in [3.8, 4) is 23.5 Å². The second-order valence-corrected chi connectivity index (χ2v) is 21.0. The molecule has 8 rings (SSSR count). The molecule has 59 heavy (non-hydrogen) atoms. The third-order valence-corrected chi connectivity index (χ3v) is 17.2. The zero-order chi connectivity index (χ0) is 41.5. The number of piperidine rings is 1. The first-order chi connectivity index (χ1) is 28.4. The van der Waals surface area contributed by atoms with Gasteiger partial charge in [-0.3, -0.25) is 9.47 Å². The highest BCUT2D eigenvalue weighted by Crippen LogP contribution is 2.42. The van der Waals surface area contributed by atoms with Crippen LogP contribution in [-0.4, -0.2) is 88.6 Å². The summed E-state index contributed by atoms with van der Waals surface area (Å²) >= 11 is 0. The van der Waals surface area contributed by atoms with Crippen molar-refractivity contribution >= 4 is 35.4 Å². The number of hydrogen-bond donors (Lipinski definition) is 1. The summed E-state index contributed by atoms with van der Waals surface area (Å²) in [5, 5.41) is 19.7. The lowest BCUT2D eigenvalue weighted by molar-refractivity contribution is 0.00646. The Morgan fingerprint density at radius 1 is 0.983 bits per heavy atom. The topological polar surface area (TPSA) is 115 Å². The largest absolute Gasteiger partial charge is 0.495 e. The Hall–Kier alpha value is -5.46. The molecule has 0 spiro atoms. The number of ether oxygens (including phenoxy) is 2. The van der Waals surface area contributed by atoms with Crippen LogP contribution in [-0.2, 0) is 9.16 Å².